The van der Waals surface area contributed by atoms with Crippen LogP contribution in [-0.2, 0) is 14.3 Å². The minimum atomic E-state index is -0.164. The van der Waals surface area contributed by atoms with Crippen molar-refractivity contribution in [3.8, 4) is 5.75 Å². The van der Waals surface area contributed by atoms with Gasteiger partial charge in [-0.1, -0.05) is 37.0 Å². The molecule has 0 aliphatic heterocycles. The third kappa shape index (κ3) is 8.28. The average molecular weight is 482 g/mol. The van der Waals surface area contributed by atoms with Crippen molar-refractivity contribution in [1.82, 2.24) is 0 Å². The number of nitrogens with zero attached hydrogens (tertiary/aromatic N) is 1. The Morgan fingerprint density at radius 2 is 1.94 bits per heavy atom. The van der Waals surface area contributed by atoms with Crippen LogP contribution in [0.25, 0.3) is 0 Å². The first-order valence-electron chi connectivity index (χ1n) is 11.2. The monoisotopic (exact) mass is 481 g/mol. The van der Waals surface area contributed by atoms with Gasteiger partial charge in [0.05, 0.1) is 25.5 Å². The van der Waals surface area contributed by atoms with E-state index in [1.807, 2.05) is 30.8 Å². The summed E-state index contributed by atoms with van der Waals surface area (Å²) in [4.78, 5) is 5.74. The lowest BCUT2D eigenvalue weighted by molar-refractivity contribution is 0.0625. The van der Waals surface area contributed by atoms with Crippen LogP contribution in [0, 0.1) is 5.92 Å². The average Bonchev–Trinajstić information content (AvgIpc) is 2.80. The highest BCUT2D eigenvalue weighted by atomic mass is 35.5. The smallest absolute Gasteiger partial charge is 0.153 e. The highest BCUT2D eigenvalue weighted by Gasteiger charge is 2.27. The Morgan fingerprint density at radius 1 is 1.19 bits per heavy atom. The van der Waals surface area contributed by atoms with Crippen molar-refractivity contribution in [1.29, 1.82) is 0 Å². The maximum absolute atomic E-state index is 5.93. The number of benzene rings is 1. The third-order valence-corrected chi connectivity index (χ3v) is 6.38. The zero-order valence-corrected chi connectivity index (χ0v) is 21.4. The van der Waals surface area contributed by atoms with E-state index in [9.17, 15) is 0 Å². The van der Waals surface area contributed by atoms with E-state index in [4.69, 9.17) is 30.6 Å². The summed E-state index contributed by atoms with van der Waals surface area (Å²) in [6, 6.07) is 7.29. The third-order valence-electron chi connectivity index (χ3n) is 5.05. The highest BCUT2D eigenvalue weighted by Crippen LogP contribution is 2.33. The van der Waals surface area contributed by atoms with Crippen LogP contribution in [0.1, 0.15) is 46.5 Å². The second-order valence-corrected chi connectivity index (χ2v) is 9.44. The van der Waals surface area contributed by atoms with Crippen molar-refractivity contribution in [3.05, 3.63) is 52.5 Å². The summed E-state index contributed by atoms with van der Waals surface area (Å²) in [5, 5.41) is 5.20. The lowest BCUT2D eigenvalue weighted by Crippen LogP contribution is -2.21. The number of hydrogen-bond acceptors (Lipinski definition) is 6. The molecule has 2 unspecified atom stereocenters. The largest absolute Gasteiger partial charge is 0.500 e. The molecule has 2 atom stereocenters. The normalized spacial score (nSPS) is 17.6. The van der Waals surface area contributed by atoms with Crippen LogP contribution in [0.2, 0.25) is 5.02 Å². The Labute approximate surface area is 202 Å². The maximum atomic E-state index is 5.93. The van der Waals surface area contributed by atoms with Gasteiger partial charge in [-0.05, 0) is 61.8 Å². The number of methoxy groups -OCH3 is 2. The molecule has 0 bridgehead atoms. The van der Waals surface area contributed by atoms with Gasteiger partial charge in [-0.3, -0.25) is 0 Å². The zero-order chi connectivity index (χ0) is 23.3. The summed E-state index contributed by atoms with van der Waals surface area (Å²) >= 11 is 7.86. The Bertz CT molecular complexity index is 792. The number of allylic oxidation sites excluding steroid dienone is 3. The predicted molar refractivity (Wildman–Crippen MR) is 135 cm³/mol. The summed E-state index contributed by atoms with van der Waals surface area (Å²) in [6.07, 6.45) is 5.74. The SMILES string of the molecule is CCCC/C(=N\OCC(C)Oc1ccc(Cl)cc1)C1=C(OC)CC(CSCC)C=C1OC. The fraction of sp³-hybridized carbons (Fsp3) is 0.560. The topological polar surface area (TPSA) is 49.3 Å². The summed E-state index contributed by atoms with van der Waals surface area (Å²) in [7, 11) is 3.42. The second kappa shape index (κ2) is 14.4. The highest BCUT2D eigenvalue weighted by molar-refractivity contribution is 7.99. The van der Waals surface area contributed by atoms with Gasteiger partial charge >= 0.3 is 0 Å². The minimum absolute atomic E-state index is 0.164. The fourth-order valence-corrected chi connectivity index (χ4v) is 4.31. The molecule has 0 heterocycles. The predicted octanol–water partition coefficient (Wildman–Crippen LogP) is 6.87. The Morgan fingerprint density at radius 3 is 2.56 bits per heavy atom. The Kier molecular flexibility index (Phi) is 11.9. The summed E-state index contributed by atoms with van der Waals surface area (Å²) in [5.74, 6) is 5.00. The standard InChI is InChI=1S/C25H36ClNO4S/c1-6-8-9-22(27-30-16-18(3)31-21-12-10-20(26)11-13-21)25-23(28-4)14-19(17-32-7-2)15-24(25)29-5/h10-14,18-19H,6-9,15-17H2,1-5H3/b27-22+. The molecule has 2 rings (SSSR count). The van der Waals surface area contributed by atoms with Crippen LogP contribution < -0.4 is 4.74 Å². The molecule has 7 heteroatoms. The maximum Gasteiger partial charge on any atom is 0.153 e. The molecule has 0 saturated heterocycles. The number of rotatable bonds is 14. The van der Waals surface area contributed by atoms with E-state index in [0.717, 1.165) is 65.7 Å². The van der Waals surface area contributed by atoms with Crippen molar-refractivity contribution in [2.45, 2.75) is 52.6 Å². The van der Waals surface area contributed by atoms with Crippen molar-refractivity contribution >= 4 is 29.1 Å². The molecular weight excluding hydrogens is 446 g/mol. The number of thioether (sulfide) groups is 1. The number of oxime groups is 1. The number of ether oxygens (including phenoxy) is 3. The minimum Gasteiger partial charge on any atom is -0.500 e. The van der Waals surface area contributed by atoms with Crippen molar-refractivity contribution in [3.63, 3.8) is 0 Å². The second-order valence-electron chi connectivity index (χ2n) is 7.68. The molecule has 32 heavy (non-hydrogen) atoms. The first-order valence-corrected chi connectivity index (χ1v) is 12.8. The van der Waals surface area contributed by atoms with E-state index in [0.29, 0.717) is 17.5 Å². The van der Waals surface area contributed by atoms with E-state index in [1.165, 1.54) is 0 Å². The van der Waals surface area contributed by atoms with Gasteiger partial charge < -0.3 is 19.0 Å². The Hall–Kier alpha value is -1.79. The van der Waals surface area contributed by atoms with Crippen molar-refractivity contribution < 1.29 is 19.0 Å². The van der Waals surface area contributed by atoms with Crippen molar-refractivity contribution in [2.24, 2.45) is 11.1 Å². The van der Waals surface area contributed by atoms with E-state index < -0.39 is 0 Å². The van der Waals surface area contributed by atoms with E-state index >= 15 is 0 Å². The van der Waals surface area contributed by atoms with Gasteiger partial charge in [-0.25, -0.2) is 0 Å². The van der Waals surface area contributed by atoms with Gasteiger partial charge in [0, 0.05) is 17.2 Å². The molecule has 0 aromatic heterocycles. The molecule has 178 valence electrons. The molecule has 0 N–H and O–H groups in total. The lowest BCUT2D eigenvalue weighted by Gasteiger charge is -2.26. The quantitative estimate of drug-likeness (QED) is 0.214. The van der Waals surface area contributed by atoms with Crippen LogP contribution in [-0.4, -0.2) is 44.1 Å². The van der Waals surface area contributed by atoms with E-state index in [2.05, 4.69) is 25.1 Å². The molecule has 1 aromatic rings. The van der Waals surface area contributed by atoms with Crippen molar-refractivity contribution in [2.75, 3.05) is 32.3 Å². The van der Waals surface area contributed by atoms with Crippen LogP contribution in [0.3, 0.4) is 0 Å². The van der Waals surface area contributed by atoms with Gasteiger partial charge in [0.1, 0.15) is 23.4 Å². The summed E-state index contributed by atoms with van der Waals surface area (Å²) in [5.41, 5.74) is 1.78. The summed E-state index contributed by atoms with van der Waals surface area (Å²) in [6.45, 7) is 6.62. The fourth-order valence-electron chi connectivity index (χ4n) is 3.43. The Balaban J connectivity index is 2.13. The molecule has 1 aliphatic rings. The lowest BCUT2D eigenvalue weighted by atomic mass is 9.90. The molecule has 1 aliphatic carbocycles. The molecule has 5 nitrogen and oxygen atoms in total. The number of unbranched alkanes of at least 4 members (excludes halogenated alkanes) is 1. The molecule has 0 amide bonds. The zero-order valence-electron chi connectivity index (χ0n) is 19.9. The van der Waals surface area contributed by atoms with E-state index in [-0.39, 0.29) is 6.10 Å². The molecule has 0 fully saturated rings. The van der Waals surface area contributed by atoms with Gasteiger partial charge in [0.15, 0.2) is 6.61 Å². The first-order chi connectivity index (χ1) is 15.5. The van der Waals surface area contributed by atoms with Crippen LogP contribution in [0.4, 0.5) is 0 Å². The molecule has 1 aromatic carbocycles. The summed E-state index contributed by atoms with van der Waals surface area (Å²) < 4.78 is 17.5. The van der Waals surface area contributed by atoms with Crippen LogP contribution in [0.15, 0.2) is 52.6 Å². The van der Waals surface area contributed by atoms with Crippen LogP contribution in [0.5, 0.6) is 5.75 Å². The molecule has 0 radical (unpaired) electrons. The number of hydrogen-bond donors (Lipinski definition) is 0. The van der Waals surface area contributed by atoms with Gasteiger partial charge in [-0.15, -0.1) is 0 Å². The number of halogens is 1. The van der Waals surface area contributed by atoms with Gasteiger partial charge in [-0.2, -0.15) is 11.8 Å². The molecule has 0 spiro atoms. The first kappa shape index (κ1) is 26.5. The van der Waals surface area contributed by atoms with E-state index in [1.54, 1.807) is 26.4 Å². The molecular formula is C25H36ClNO4S. The van der Waals surface area contributed by atoms with Crippen LogP contribution >= 0.6 is 23.4 Å². The van der Waals surface area contributed by atoms with Gasteiger partial charge in [0.2, 0.25) is 0 Å². The molecule has 0 saturated carbocycles. The van der Waals surface area contributed by atoms with Gasteiger partial charge in [0.25, 0.3) is 0 Å².